The number of anilines is 2. The first-order chi connectivity index (χ1) is 23.8. The second-order valence-electron chi connectivity index (χ2n) is 13.0. The second-order valence-corrected chi connectivity index (χ2v) is 16.4. The minimum Gasteiger partial charge on any atom is -0.491 e. The summed E-state index contributed by atoms with van der Waals surface area (Å²) in [4.78, 5) is 15.8. The van der Waals surface area contributed by atoms with Crippen molar-refractivity contribution >= 4 is 60.3 Å². The van der Waals surface area contributed by atoms with Crippen LogP contribution in [-0.2, 0) is 20.2 Å². The van der Waals surface area contributed by atoms with Gasteiger partial charge in [0.05, 0.1) is 36.1 Å². The zero-order chi connectivity index (χ0) is 37.3. The molecule has 0 bridgehead atoms. The highest BCUT2D eigenvalue weighted by Crippen LogP contribution is 2.40. The molecule has 1 aliphatic rings. The number of nitrogens with one attached hydrogen (secondary N) is 1. The van der Waals surface area contributed by atoms with Crippen LogP contribution in [0.15, 0.2) is 54.6 Å². The Bertz CT molecular complexity index is 2010. The molecule has 1 aliphatic heterocycles. The average molecular weight is 772 g/mol. The van der Waals surface area contributed by atoms with Crippen molar-refractivity contribution in [2.75, 3.05) is 55.3 Å². The van der Waals surface area contributed by atoms with Crippen LogP contribution in [-0.4, -0.2) is 77.3 Å². The molecule has 1 aromatic heterocycles. The highest BCUT2D eigenvalue weighted by molar-refractivity contribution is 7.92. The molecule has 16 heteroatoms. The third-order valence-corrected chi connectivity index (χ3v) is 10.8. The molecule has 0 atom stereocenters. The first-order valence-corrected chi connectivity index (χ1v) is 19.0. The maximum Gasteiger partial charge on any atom is 0.573 e. The Hall–Kier alpha value is -3.63. The smallest absolute Gasteiger partial charge is 0.491 e. The molecule has 1 N–H and O–H groups in total. The Morgan fingerprint density at radius 1 is 1.02 bits per heavy atom. The summed E-state index contributed by atoms with van der Waals surface area (Å²) in [5.41, 5.74) is 0.272. The van der Waals surface area contributed by atoms with E-state index in [1.165, 1.54) is 30.3 Å². The second kappa shape index (κ2) is 15.2. The number of fused-ring (bicyclic) bond motifs is 1. The molecule has 0 unspecified atom stereocenters. The maximum absolute atomic E-state index is 15.4. The first kappa shape index (κ1) is 38.6. The van der Waals surface area contributed by atoms with Gasteiger partial charge in [-0.3, -0.25) is 14.0 Å². The van der Waals surface area contributed by atoms with E-state index < -0.39 is 39.3 Å². The van der Waals surface area contributed by atoms with Crippen LogP contribution in [0.3, 0.4) is 0 Å². The lowest BCUT2D eigenvalue weighted by Gasteiger charge is -2.30. The monoisotopic (exact) mass is 771 g/mol. The van der Waals surface area contributed by atoms with E-state index in [-0.39, 0.29) is 34.0 Å². The predicted molar refractivity (Wildman–Crippen MR) is 192 cm³/mol. The van der Waals surface area contributed by atoms with E-state index in [1.807, 2.05) is 4.90 Å². The minimum absolute atomic E-state index is 0.0396. The molecule has 2 heterocycles. The number of amides is 1. The van der Waals surface area contributed by atoms with Crippen molar-refractivity contribution in [3.05, 3.63) is 81.4 Å². The number of alkyl halides is 3. The third kappa shape index (κ3) is 9.83. The van der Waals surface area contributed by atoms with Crippen LogP contribution in [0, 0.1) is 5.82 Å². The fourth-order valence-electron chi connectivity index (χ4n) is 5.72. The SMILES string of the molecule is CC(C)Oc1cc(OC(F)(F)F)cc(C(C)(C)c2cc(Cl)cc(NC(=O)c3cc4cc(N(CCN5CCOCC5)S(C)(=O)=O)c(F)cc4s3)c2)c1. The molecule has 3 aromatic carbocycles. The number of thiophene rings is 1. The molecular formula is C35H38ClF4N3O6S2. The number of ether oxygens (including phenoxy) is 3. The van der Waals surface area contributed by atoms with Gasteiger partial charge in [-0.25, -0.2) is 12.8 Å². The highest BCUT2D eigenvalue weighted by Gasteiger charge is 2.33. The molecule has 276 valence electrons. The van der Waals surface area contributed by atoms with Crippen molar-refractivity contribution in [3.8, 4) is 11.5 Å². The minimum atomic E-state index is -4.92. The molecule has 1 amide bonds. The van der Waals surface area contributed by atoms with Crippen molar-refractivity contribution in [1.29, 1.82) is 0 Å². The summed E-state index contributed by atoms with van der Waals surface area (Å²) in [5, 5.41) is 3.55. The summed E-state index contributed by atoms with van der Waals surface area (Å²) in [6.07, 6.45) is -4.21. The number of nitrogens with zero attached hydrogens (tertiary/aromatic N) is 2. The van der Waals surface area contributed by atoms with Crippen LogP contribution >= 0.6 is 22.9 Å². The van der Waals surface area contributed by atoms with Crippen molar-refractivity contribution < 1.29 is 45.0 Å². The fraction of sp³-hybridized carbons (Fsp3) is 0.400. The van der Waals surface area contributed by atoms with Gasteiger partial charge in [0.25, 0.3) is 5.91 Å². The van der Waals surface area contributed by atoms with Gasteiger partial charge in [0.1, 0.15) is 17.3 Å². The van der Waals surface area contributed by atoms with E-state index >= 15 is 4.39 Å². The van der Waals surface area contributed by atoms with Crippen LogP contribution in [0.25, 0.3) is 10.1 Å². The summed E-state index contributed by atoms with van der Waals surface area (Å²) in [5.74, 6) is -1.52. The van der Waals surface area contributed by atoms with Gasteiger partial charge in [0.15, 0.2) is 0 Å². The summed E-state index contributed by atoms with van der Waals surface area (Å²) in [6.45, 7) is 9.87. The van der Waals surface area contributed by atoms with Gasteiger partial charge in [-0.1, -0.05) is 25.4 Å². The van der Waals surface area contributed by atoms with E-state index in [0.29, 0.717) is 59.7 Å². The van der Waals surface area contributed by atoms with Gasteiger partial charge in [0, 0.05) is 53.1 Å². The summed E-state index contributed by atoms with van der Waals surface area (Å²) in [7, 11) is -3.84. The van der Waals surface area contributed by atoms with E-state index in [4.69, 9.17) is 21.1 Å². The first-order valence-electron chi connectivity index (χ1n) is 16.0. The molecule has 51 heavy (non-hydrogen) atoms. The lowest BCUT2D eigenvalue weighted by atomic mass is 9.78. The topological polar surface area (TPSA) is 97.4 Å². The number of rotatable bonds is 12. The third-order valence-electron chi connectivity index (χ3n) is 8.29. The predicted octanol–water partition coefficient (Wildman–Crippen LogP) is 8.06. The number of hydrogen-bond acceptors (Lipinski definition) is 8. The number of halogens is 5. The number of sulfonamides is 1. The maximum atomic E-state index is 15.4. The zero-order valence-electron chi connectivity index (χ0n) is 28.6. The Labute approximate surface area is 303 Å². The molecule has 0 radical (unpaired) electrons. The van der Waals surface area contributed by atoms with E-state index in [0.717, 1.165) is 21.9 Å². The molecule has 9 nitrogen and oxygen atoms in total. The van der Waals surface area contributed by atoms with Crippen LogP contribution in [0.2, 0.25) is 5.02 Å². The molecular weight excluding hydrogens is 734 g/mol. The van der Waals surface area contributed by atoms with E-state index in [2.05, 4.69) is 10.1 Å². The molecule has 4 aromatic rings. The summed E-state index contributed by atoms with van der Waals surface area (Å²) >= 11 is 7.51. The Kier molecular flexibility index (Phi) is 11.5. The lowest BCUT2D eigenvalue weighted by molar-refractivity contribution is -0.274. The number of carbonyl (C=O) groups is 1. The Morgan fingerprint density at radius 3 is 2.33 bits per heavy atom. The molecule has 5 rings (SSSR count). The number of carbonyl (C=O) groups excluding carboxylic acids is 1. The van der Waals surface area contributed by atoms with Crippen LogP contribution in [0.4, 0.5) is 28.9 Å². The standard InChI is InChI=1S/C35H38ClF4N3O6S2/c1-21(2)48-27-16-24(17-28(19-27)49-35(38,39)40)34(3,4)23-14-25(36)18-26(15-23)41-33(44)32-13-22-12-30(29(37)20-31(22)50-32)43(51(5,45)46)7-6-42-8-10-47-11-9-42/h12-21H,6-11H2,1-5H3,(H,41,44). The van der Waals surface area contributed by atoms with Crippen molar-refractivity contribution in [2.24, 2.45) is 0 Å². The van der Waals surface area contributed by atoms with E-state index in [9.17, 15) is 26.4 Å². The molecule has 0 spiro atoms. The largest absolute Gasteiger partial charge is 0.573 e. The molecule has 0 saturated carbocycles. The molecule has 1 fully saturated rings. The van der Waals surface area contributed by atoms with Gasteiger partial charge in [-0.05, 0) is 78.9 Å². The number of hydrogen-bond donors (Lipinski definition) is 1. The number of morpholine rings is 1. The fourth-order valence-corrected chi connectivity index (χ4v) is 7.83. The van der Waals surface area contributed by atoms with Crippen LogP contribution in [0.1, 0.15) is 48.5 Å². The summed E-state index contributed by atoms with van der Waals surface area (Å²) < 4.78 is 97.2. The van der Waals surface area contributed by atoms with Gasteiger partial charge in [-0.2, -0.15) is 0 Å². The van der Waals surface area contributed by atoms with Gasteiger partial charge in [-0.15, -0.1) is 24.5 Å². The lowest BCUT2D eigenvalue weighted by Crippen LogP contribution is -2.43. The molecule has 0 aliphatic carbocycles. The Morgan fingerprint density at radius 2 is 1.69 bits per heavy atom. The van der Waals surface area contributed by atoms with Crippen molar-refractivity contribution in [3.63, 3.8) is 0 Å². The zero-order valence-corrected chi connectivity index (χ0v) is 31.0. The van der Waals surface area contributed by atoms with Crippen LogP contribution < -0.4 is 19.1 Å². The van der Waals surface area contributed by atoms with Gasteiger partial charge in [0.2, 0.25) is 10.0 Å². The number of benzene rings is 3. The quantitative estimate of drug-likeness (QED) is 0.146. The van der Waals surface area contributed by atoms with Crippen LogP contribution in [0.5, 0.6) is 11.5 Å². The summed E-state index contributed by atoms with van der Waals surface area (Å²) in [6, 6.07) is 13.1. The van der Waals surface area contributed by atoms with Crippen molar-refractivity contribution in [2.45, 2.75) is 45.6 Å². The van der Waals surface area contributed by atoms with E-state index in [1.54, 1.807) is 52.0 Å². The normalized spacial score (nSPS) is 14.6. The van der Waals surface area contributed by atoms with Gasteiger partial charge < -0.3 is 19.5 Å². The molecule has 1 saturated heterocycles. The Balaban J connectivity index is 1.41. The van der Waals surface area contributed by atoms with Gasteiger partial charge >= 0.3 is 6.36 Å². The van der Waals surface area contributed by atoms with Crippen molar-refractivity contribution in [1.82, 2.24) is 4.90 Å². The average Bonchev–Trinajstić information content (AvgIpc) is 3.42. The highest BCUT2D eigenvalue weighted by atomic mass is 35.5.